The van der Waals surface area contributed by atoms with E-state index in [4.69, 9.17) is 0 Å². The maximum Gasteiger partial charge on any atom is 0.0145 e. The van der Waals surface area contributed by atoms with E-state index in [1.165, 1.54) is 38.8 Å². The van der Waals surface area contributed by atoms with E-state index in [0.29, 0.717) is 0 Å². The molecular weight excluding hydrogens is 148 g/mol. The predicted octanol–water partition coefficient (Wildman–Crippen LogP) is 0.984. The zero-order chi connectivity index (χ0) is 8.39. The minimum absolute atomic E-state index is 0.800. The first-order valence-corrected chi connectivity index (χ1v) is 5.30. The minimum Gasteiger partial charge on any atom is -0.316 e. The summed E-state index contributed by atoms with van der Waals surface area (Å²) >= 11 is 0. The topological polar surface area (TPSA) is 24.1 Å². The van der Waals surface area contributed by atoms with Crippen LogP contribution >= 0.6 is 0 Å². The average Bonchev–Trinajstić information content (AvgIpc) is 2.47. The monoisotopic (exact) mass is 168 g/mol. The van der Waals surface area contributed by atoms with Crippen LogP contribution in [0.1, 0.15) is 25.7 Å². The first kappa shape index (κ1) is 8.52. The van der Waals surface area contributed by atoms with E-state index in [1.54, 1.807) is 0 Å². The second-order valence-corrected chi connectivity index (χ2v) is 4.28. The molecule has 0 bridgehead atoms. The summed E-state index contributed by atoms with van der Waals surface area (Å²) in [5.41, 5.74) is 0. The summed E-state index contributed by atoms with van der Waals surface area (Å²) in [4.78, 5) is 0. The summed E-state index contributed by atoms with van der Waals surface area (Å²) in [6.45, 7) is 2.48. The van der Waals surface area contributed by atoms with E-state index in [9.17, 15) is 0 Å². The lowest BCUT2D eigenvalue weighted by molar-refractivity contribution is 0.205. The van der Waals surface area contributed by atoms with Gasteiger partial charge in [0.15, 0.2) is 0 Å². The van der Waals surface area contributed by atoms with Crippen molar-refractivity contribution in [1.29, 1.82) is 0 Å². The molecule has 0 aromatic rings. The maximum absolute atomic E-state index is 3.51. The number of rotatable bonds is 3. The molecule has 1 aliphatic carbocycles. The number of hydrogen-bond acceptors (Lipinski definition) is 2. The standard InChI is InChI=1S/C10H20N2/c1-11-10(9-6-12-7-9)8-4-2-3-5-8/h8-12H,2-7H2,1H3. The van der Waals surface area contributed by atoms with E-state index < -0.39 is 0 Å². The van der Waals surface area contributed by atoms with E-state index in [-0.39, 0.29) is 0 Å². The van der Waals surface area contributed by atoms with E-state index in [1.807, 2.05) is 0 Å². The van der Waals surface area contributed by atoms with Crippen molar-refractivity contribution in [2.24, 2.45) is 11.8 Å². The van der Waals surface area contributed by atoms with Crippen LogP contribution in [0, 0.1) is 11.8 Å². The van der Waals surface area contributed by atoms with Gasteiger partial charge in [-0.15, -0.1) is 0 Å². The molecule has 1 heterocycles. The molecule has 1 saturated heterocycles. The van der Waals surface area contributed by atoms with Gasteiger partial charge in [-0.25, -0.2) is 0 Å². The highest BCUT2D eigenvalue weighted by Crippen LogP contribution is 2.31. The summed E-state index contributed by atoms with van der Waals surface area (Å²) in [6.07, 6.45) is 5.84. The lowest BCUT2D eigenvalue weighted by Gasteiger charge is -2.38. The van der Waals surface area contributed by atoms with Crippen molar-refractivity contribution in [3.63, 3.8) is 0 Å². The van der Waals surface area contributed by atoms with Crippen LogP contribution in [-0.2, 0) is 0 Å². The lowest BCUT2D eigenvalue weighted by Crippen LogP contribution is -2.55. The summed E-state index contributed by atoms with van der Waals surface area (Å²) in [6, 6.07) is 0.800. The Morgan fingerprint density at radius 2 is 1.83 bits per heavy atom. The number of hydrogen-bond donors (Lipinski definition) is 2. The third-order valence-electron chi connectivity index (χ3n) is 3.56. The summed E-state index contributed by atoms with van der Waals surface area (Å²) < 4.78 is 0. The molecule has 2 heteroatoms. The van der Waals surface area contributed by atoms with Crippen molar-refractivity contribution in [1.82, 2.24) is 10.6 Å². The van der Waals surface area contributed by atoms with Gasteiger partial charge in [-0.3, -0.25) is 0 Å². The van der Waals surface area contributed by atoms with Gasteiger partial charge >= 0.3 is 0 Å². The Bertz CT molecular complexity index is 137. The molecule has 2 rings (SSSR count). The number of nitrogens with one attached hydrogen (secondary N) is 2. The summed E-state index contributed by atoms with van der Waals surface area (Å²) in [5, 5.41) is 6.87. The highest BCUT2D eigenvalue weighted by molar-refractivity contribution is 4.91. The fraction of sp³-hybridized carbons (Fsp3) is 1.00. The average molecular weight is 168 g/mol. The van der Waals surface area contributed by atoms with Gasteiger partial charge in [0.2, 0.25) is 0 Å². The minimum atomic E-state index is 0.800. The van der Waals surface area contributed by atoms with Gasteiger partial charge < -0.3 is 10.6 Å². The van der Waals surface area contributed by atoms with Gasteiger partial charge in [-0.1, -0.05) is 12.8 Å². The third kappa shape index (κ3) is 1.50. The molecule has 2 N–H and O–H groups in total. The molecule has 1 unspecified atom stereocenters. The normalized spacial score (nSPS) is 28.8. The first-order valence-electron chi connectivity index (χ1n) is 5.30. The molecule has 2 aliphatic rings. The lowest BCUT2D eigenvalue weighted by atomic mass is 9.84. The molecule has 2 fully saturated rings. The van der Waals surface area contributed by atoms with E-state index in [2.05, 4.69) is 17.7 Å². The van der Waals surface area contributed by atoms with Crippen LogP contribution in [0.25, 0.3) is 0 Å². The quantitative estimate of drug-likeness (QED) is 0.656. The van der Waals surface area contributed by atoms with Gasteiger partial charge in [-0.2, -0.15) is 0 Å². The summed E-state index contributed by atoms with van der Waals surface area (Å²) in [7, 11) is 2.13. The molecule has 0 aromatic carbocycles. The van der Waals surface area contributed by atoms with Gasteiger partial charge in [-0.05, 0) is 31.7 Å². The van der Waals surface area contributed by atoms with E-state index in [0.717, 1.165) is 17.9 Å². The fourth-order valence-corrected chi connectivity index (χ4v) is 2.74. The van der Waals surface area contributed by atoms with Crippen LogP contribution in [0.5, 0.6) is 0 Å². The van der Waals surface area contributed by atoms with Crippen LogP contribution in [-0.4, -0.2) is 26.2 Å². The Morgan fingerprint density at radius 1 is 1.17 bits per heavy atom. The molecule has 1 aliphatic heterocycles. The molecule has 12 heavy (non-hydrogen) atoms. The van der Waals surface area contributed by atoms with Crippen LogP contribution < -0.4 is 10.6 Å². The maximum atomic E-state index is 3.51. The smallest absolute Gasteiger partial charge is 0.0145 e. The van der Waals surface area contributed by atoms with Crippen molar-refractivity contribution >= 4 is 0 Å². The highest BCUT2D eigenvalue weighted by atomic mass is 15.0. The molecule has 2 nitrogen and oxygen atoms in total. The van der Waals surface area contributed by atoms with Gasteiger partial charge in [0.25, 0.3) is 0 Å². The van der Waals surface area contributed by atoms with Crippen molar-refractivity contribution in [3.8, 4) is 0 Å². The van der Waals surface area contributed by atoms with Crippen molar-refractivity contribution < 1.29 is 0 Å². The van der Waals surface area contributed by atoms with Crippen molar-refractivity contribution in [2.75, 3.05) is 20.1 Å². The molecule has 1 saturated carbocycles. The van der Waals surface area contributed by atoms with Crippen LogP contribution in [0.4, 0.5) is 0 Å². The molecule has 0 aromatic heterocycles. The predicted molar refractivity (Wildman–Crippen MR) is 51.2 cm³/mol. The molecular formula is C10H20N2. The SMILES string of the molecule is CNC(C1CCCC1)C1CNC1. The van der Waals surface area contributed by atoms with Crippen LogP contribution in [0.3, 0.4) is 0 Å². The molecule has 0 radical (unpaired) electrons. The Labute approximate surface area is 75.1 Å². The molecule has 70 valence electrons. The molecule has 0 spiro atoms. The van der Waals surface area contributed by atoms with Crippen molar-refractivity contribution in [2.45, 2.75) is 31.7 Å². The second-order valence-electron chi connectivity index (χ2n) is 4.28. The third-order valence-corrected chi connectivity index (χ3v) is 3.56. The fourth-order valence-electron chi connectivity index (χ4n) is 2.74. The zero-order valence-electron chi connectivity index (χ0n) is 7.97. The Balaban J connectivity index is 1.87. The highest BCUT2D eigenvalue weighted by Gasteiger charge is 2.33. The van der Waals surface area contributed by atoms with Gasteiger partial charge in [0.1, 0.15) is 0 Å². The second kappa shape index (κ2) is 3.75. The molecule has 1 atom stereocenters. The van der Waals surface area contributed by atoms with E-state index >= 15 is 0 Å². The Hall–Kier alpha value is -0.0800. The van der Waals surface area contributed by atoms with Crippen LogP contribution in [0.2, 0.25) is 0 Å². The Morgan fingerprint density at radius 3 is 2.25 bits per heavy atom. The molecule has 0 amide bonds. The van der Waals surface area contributed by atoms with Crippen LogP contribution in [0.15, 0.2) is 0 Å². The van der Waals surface area contributed by atoms with Gasteiger partial charge in [0.05, 0.1) is 0 Å². The summed E-state index contributed by atoms with van der Waals surface area (Å²) in [5.74, 6) is 1.89. The first-order chi connectivity index (χ1) is 5.92. The largest absolute Gasteiger partial charge is 0.316 e. The van der Waals surface area contributed by atoms with Gasteiger partial charge in [0, 0.05) is 19.1 Å². The zero-order valence-corrected chi connectivity index (χ0v) is 7.97. The Kier molecular flexibility index (Phi) is 2.66. The van der Waals surface area contributed by atoms with Crippen molar-refractivity contribution in [3.05, 3.63) is 0 Å².